The van der Waals surface area contributed by atoms with Crippen molar-refractivity contribution in [2.24, 2.45) is 11.3 Å². The van der Waals surface area contributed by atoms with Crippen molar-refractivity contribution in [3.05, 3.63) is 47.8 Å². The van der Waals surface area contributed by atoms with Crippen LogP contribution in [0, 0.1) is 22.7 Å². The number of hydrogen-bond acceptors (Lipinski definition) is 3. The minimum Gasteiger partial charge on any atom is -0.236 e. The summed E-state index contributed by atoms with van der Waals surface area (Å²) in [4.78, 5) is 9.59. The third-order valence-corrected chi connectivity index (χ3v) is 10.3. The van der Waals surface area contributed by atoms with E-state index in [0.29, 0.717) is 11.8 Å². The zero-order chi connectivity index (χ0) is 28.0. The van der Waals surface area contributed by atoms with E-state index in [1.807, 2.05) is 0 Å². The van der Waals surface area contributed by atoms with Crippen LogP contribution >= 0.6 is 0 Å². The first-order valence-electron chi connectivity index (χ1n) is 17.0. The molecule has 0 spiro atoms. The number of nitriles is 1. The Kier molecular flexibility index (Phi) is 12.5. The van der Waals surface area contributed by atoms with E-state index >= 15 is 0 Å². The monoisotopic (exact) mass is 541 g/mol. The second-order valence-corrected chi connectivity index (χ2v) is 13.2. The molecule has 0 atom stereocenters. The van der Waals surface area contributed by atoms with Gasteiger partial charge in [-0.25, -0.2) is 9.97 Å². The fraction of sp³-hybridized carbons (Fsp3) is 0.703. The van der Waals surface area contributed by atoms with Gasteiger partial charge in [0.15, 0.2) is 5.82 Å². The van der Waals surface area contributed by atoms with E-state index < -0.39 is 0 Å². The molecule has 2 fully saturated rings. The molecule has 3 heteroatoms. The molecule has 1 heterocycles. The summed E-state index contributed by atoms with van der Waals surface area (Å²) in [6.07, 6.45) is 30.0. The lowest BCUT2D eigenvalue weighted by Gasteiger charge is -2.35. The van der Waals surface area contributed by atoms with Gasteiger partial charge in [-0.15, -0.1) is 0 Å². The van der Waals surface area contributed by atoms with E-state index in [9.17, 15) is 5.26 Å². The van der Waals surface area contributed by atoms with Crippen LogP contribution < -0.4 is 0 Å². The Morgan fingerprint density at radius 2 is 1.27 bits per heavy atom. The molecular weight excluding hydrogens is 486 g/mol. The van der Waals surface area contributed by atoms with Gasteiger partial charge in [0.25, 0.3) is 0 Å². The van der Waals surface area contributed by atoms with Crippen molar-refractivity contribution in [1.29, 1.82) is 5.26 Å². The molecule has 0 saturated heterocycles. The average molecular weight is 542 g/mol. The van der Waals surface area contributed by atoms with Crippen LogP contribution in [0.5, 0.6) is 0 Å². The summed E-state index contributed by atoms with van der Waals surface area (Å²) >= 11 is 0. The van der Waals surface area contributed by atoms with E-state index in [-0.39, 0.29) is 5.41 Å². The molecule has 40 heavy (non-hydrogen) atoms. The van der Waals surface area contributed by atoms with Crippen LogP contribution in [0.25, 0.3) is 11.4 Å². The topological polar surface area (TPSA) is 49.6 Å². The van der Waals surface area contributed by atoms with Gasteiger partial charge in [-0.3, -0.25) is 0 Å². The van der Waals surface area contributed by atoms with Gasteiger partial charge < -0.3 is 0 Å². The van der Waals surface area contributed by atoms with E-state index in [4.69, 9.17) is 9.97 Å². The molecule has 2 aromatic rings. The first-order chi connectivity index (χ1) is 19.7. The first kappa shape index (κ1) is 30.7. The normalized spacial score (nSPS) is 25.0. The van der Waals surface area contributed by atoms with Gasteiger partial charge >= 0.3 is 0 Å². The molecule has 2 aliphatic carbocycles. The number of nitrogens with zero attached hydrogens (tertiary/aromatic N) is 3. The molecule has 0 aliphatic heterocycles. The van der Waals surface area contributed by atoms with Gasteiger partial charge in [0.05, 0.1) is 11.5 Å². The fourth-order valence-corrected chi connectivity index (χ4v) is 7.41. The molecule has 2 aliphatic rings. The number of hydrogen-bond donors (Lipinski definition) is 0. The third kappa shape index (κ3) is 8.89. The van der Waals surface area contributed by atoms with Crippen LogP contribution in [0.3, 0.4) is 0 Å². The standard InChI is InChI=1S/C37H55N3/c1-3-5-7-8-9-10-11-13-30-14-16-32(17-15-30)35-27-39-36(40-28-35)34-20-18-31(19-21-34)33-22-25-37(29-38,26-23-33)24-12-6-4-2/h18-21,27-28,30,32-33H,3-17,22-26H2,1-2H3/t30-,32-,33-,37-. The van der Waals surface area contributed by atoms with Crippen LogP contribution in [0.15, 0.2) is 36.7 Å². The van der Waals surface area contributed by atoms with Crippen LogP contribution in [-0.4, -0.2) is 9.97 Å². The molecular formula is C37H55N3. The third-order valence-electron chi connectivity index (χ3n) is 10.3. The van der Waals surface area contributed by atoms with E-state index in [1.165, 1.54) is 107 Å². The number of rotatable bonds is 15. The highest BCUT2D eigenvalue weighted by Gasteiger charge is 2.35. The zero-order valence-corrected chi connectivity index (χ0v) is 25.7. The van der Waals surface area contributed by atoms with E-state index in [2.05, 4.69) is 56.6 Å². The summed E-state index contributed by atoms with van der Waals surface area (Å²) in [5.41, 5.74) is 3.77. The van der Waals surface area contributed by atoms with Crippen molar-refractivity contribution in [1.82, 2.24) is 9.97 Å². The molecule has 3 nitrogen and oxygen atoms in total. The molecule has 218 valence electrons. The SMILES string of the molecule is CCCCCCCCC[C@H]1CC[C@H](c2cnc(-c3ccc([C@H]4CC[C@@](C#N)(CCCCC)CC4)cc3)nc2)CC1. The van der Waals surface area contributed by atoms with Crippen LogP contribution in [0.4, 0.5) is 0 Å². The smallest absolute Gasteiger partial charge is 0.159 e. The molecule has 2 saturated carbocycles. The van der Waals surface area contributed by atoms with Crippen molar-refractivity contribution >= 4 is 0 Å². The zero-order valence-electron chi connectivity index (χ0n) is 25.7. The van der Waals surface area contributed by atoms with Gasteiger partial charge in [0, 0.05) is 18.0 Å². The second kappa shape index (κ2) is 16.3. The van der Waals surface area contributed by atoms with E-state index in [1.54, 1.807) is 0 Å². The summed E-state index contributed by atoms with van der Waals surface area (Å²) in [7, 11) is 0. The maximum atomic E-state index is 9.88. The summed E-state index contributed by atoms with van der Waals surface area (Å²) < 4.78 is 0. The fourth-order valence-electron chi connectivity index (χ4n) is 7.41. The quantitative estimate of drug-likeness (QED) is 0.211. The van der Waals surface area contributed by atoms with Crippen LogP contribution in [0.1, 0.15) is 165 Å². The van der Waals surface area contributed by atoms with Gasteiger partial charge in [0.1, 0.15) is 0 Å². The minimum atomic E-state index is -0.0754. The summed E-state index contributed by atoms with van der Waals surface area (Å²) in [5.74, 6) is 2.99. The lowest BCUT2D eigenvalue weighted by Crippen LogP contribution is -2.25. The molecule has 1 aromatic heterocycles. The van der Waals surface area contributed by atoms with Gasteiger partial charge in [-0.05, 0) is 86.7 Å². The Bertz CT molecular complexity index is 1000. The molecule has 1 aromatic carbocycles. The minimum absolute atomic E-state index is 0.0754. The molecule has 0 radical (unpaired) electrons. The molecule has 0 N–H and O–H groups in total. The first-order valence-corrected chi connectivity index (χ1v) is 17.0. The number of aromatic nitrogens is 2. The van der Waals surface area contributed by atoms with Crippen LogP contribution in [-0.2, 0) is 0 Å². The lowest BCUT2D eigenvalue weighted by molar-refractivity contribution is 0.223. The summed E-state index contributed by atoms with van der Waals surface area (Å²) in [6.45, 7) is 4.53. The molecule has 0 bridgehead atoms. The molecule has 0 amide bonds. The Morgan fingerprint density at radius 3 is 1.90 bits per heavy atom. The maximum absolute atomic E-state index is 9.88. The predicted octanol–water partition coefficient (Wildman–Crippen LogP) is 11.3. The van der Waals surface area contributed by atoms with Crippen molar-refractivity contribution in [3.8, 4) is 17.5 Å². The maximum Gasteiger partial charge on any atom is 0.159 e. The summed E-state index contributed by atoms with van der Waals surface area (Å²) in [5, 5.41) is 9.88. The van der Waals surface area contributed by atoms with Gasteiger partial charge in [-0.2, -0.15) is 5.26 Å². The van der Waals surface area contributed by atoms with E-state index in [0.717, 1.165) is 49.4 Å². The highest BCUT2D eigenvalue weighted by Crippen LogP contribution is 2.46. The Hall–Kier alpha value is -2.21. The van der Waals surface area contributed by atoms with Crippen molar-refractivity contribution in [3.63, 3.8) is 0 Å². The number of unbranched alkanes of at least 4 members (excludes halogenated alkanes) is 8. The summed E-state index contributed by atoms with van der Waals surface area (Å²) in [6, 6.07) is 11.7. The largest absolute Gasteiger partial charge is 0.236 e. The average Bonchev–Trinajstić information content (AvgIpc) is 3.02. The predicted molar refractivity (Wildman–Crippen MR) is 168 cm³/mol. The molecule has 0 unspecified atom stereocenters. The van der Waals surface area contributed by atoms with Crippen molar-refractivity contribution in [2.75, 3.05) is 0 Å². The Morgan fingerprint density at radius 1 is 0.700 bits per heavy atom. The highest BCUT2D eigenvalue weighted by atomic mass is 14.9. The van der Waals surface area contributed by atoms with Crippen molar-refractivity contribution < 1.29 is 0 Å². The Balaban J connectivity index is 1.20. The van der Waals surface area contributed by atoms with Gasteiger partial charge in [0.2, 0.25) is 0 Å². The van der Waals surface area contributed by atoms with Crippen LogP contribution in [0.2, 0.25) is 0 Å². The van der Waals surface area contributed by atoms with Crippen molar-refractivity contribution in [2.45, 2.75) is 154 Å². The lowest BCUT2D eigenvalue weighted by atomic mass is 9.67. The highest BCUT2D eigenvalue weighted by molar-refractivity contribution is 5.55. The second-order valence-electron chi connectivity index (χ2n) is 13.2. The Labute approximate surface area is 245 Å². The molecule has 4 rings (SSSR count). The van der Waals surface area contributed by atoms with Gasteiger partial charge in [-0.1, -0.05) is 109 Å². The number of benzene rings is 1.